The monoisotopic (exact) mass is 311 g/mol. The standard InChI is InChI=1S/C17H21N5O/c1-5-6-18-16-15-13(7-10(2)8-14(15)23)22(21-16)17-19-11(3)9-12(4)20-17/h5,9-10H,1,6-8H2,2-4H3,(H,18,21)/t10-/m0/s1. The van der Waals surface area contributed by atoms with E-state index in [-0.39, 0.29) is 5.78 Å². The van der Waals surface area contributed by atoms with Gasteiger partial charge in [-0.25, -0.2) is 14.6 Å². The molecule has 2 heterocycles. The molecule has 0 saturated carbocycles. The van der Waals surface area contributed by atoms with Crippen molar-refractivity contribution in [1.82, 2.24) is 19.7 Å². The van der Waals surface area contributed by atoms with Gasteiger partial charge in [0.2, 0.25) is 0 Å². The molecular formula is C17H21N5O. The third-order valence-electron chi connectivity index (χ3n) is 3.91. The van der Waals surface area contributed by atoms with Gasteiger partial charge in [0.05, 0.1) is 11.3 Å². The van der Waals surface area contributed by atoms with Gasteiger partial charge in [0, 0.05) is 24.4 Å². The molecule has 0 radical (unpaired) electrons. The van der Waals surface area contributed by atoms with Gasteiger partial charge < -0.3 is 5.32 Å². The summed E-state index contributed by atoms with van der Waals surface area (Å²) in [5, 5.41) is 7.74. The van der Waals surface area contributed by atoms with Crippen LogP contribution in [0.2, 0.25) is 0 Å². The molecule has 6 heteroatoms. The summed E-state index contributed by atoms with van der Waals surface area (Å²) >= 11 is 0. The first-order valence-corrected chi connectivity index (χ1v) is 7.82. The number of aryl methyl sites for hydroxylation is 2. The van der Waals surface area contributed by atoms with Crippen molar-refractivity contribution in [3.8, 4) is 5.95 Å². The molecule has 120 valence electrons. The third-order valence-corrected chi connectivity index (χ3v) is 3.91. The summed E-state index contributed by atoms with van der Waals surface area (Å²) in [5.74, 6) is 1.54. The largest absolute Gasteiger partial charge is 0.365 e. The van der Waals surface area contributed by atoms with Crippen LogP contribution >= 0.6 is 0 Å². The van der Waals surface area contributed by atoms with E-state index in [2.05, 4.69) is 33.9 Å². The van der Waals surface area contributed by atoms with Crippen LogP contribution in [0.5, 0.6) is 0 Å². The van der Waals surface area contributed by atoms with Crippen molar-refractivity contribution in [2.75, 3.05) is 11.9 Å². The van der Waals surface area contributed by atoms with Gasteiger partial charge in [0.15, 0.2) is 11.6 Å². The van der Waals surface area contributed by atoms with Crippen molar-refractivity contribution in [2.45, 2.75) is 33.6 Å². The van der Waals surface area contributed by atoms with E-state index in [4.69, 9.17) is 0 Å². The smallest absolute Gasteiger partial charge is 0.251 e. The van der Waals surface area contributed by atoms with Gasteiger partial charge >= 0.3 is 0 Å². The van der Waals surface area contributed by atoms with Crippen LogP contribution in [-0.4, -0.2) is 32.1 Å². The van der Waals surface area contributed by atoms with E-state index in [1.807, 2.05) is 19.9 Å². The highest BCUT2D eigenvalue weighted by molar-refractivity contribution is 6.02. The van der Waals surface area contributed by atoms with E-state index in [0.29, 0.717) is 36.2 Å². The fourth-order valence-electron chi connectivity index (χ4n) is 3.02. The Morgan fingerprint density at radius 1 is 1.35 bits per heavy atom. The first-order valence-electron chi connectivity index (χ1n) is 7.82. The Morgan fingerprint density at radius 3 is 2.70 bits per heavy atom. The van der Waals surface area contributed by atoms with Crippen LogP contribution in [0.25, 0.3) is 5.95 Å². The molecule has 6 nitrogen and oxygen atoms in total. The number of ketones is 1. The van der Waals surface area contributed by atoms with Gasteiger partial charge in [-0.05, 0) is 32.3 Å². The molecule has 3 rings (SSSR count). The van der Waals surface area contributed by atoms with Crippen molar-refractivity contribution in [1.29, 1.82) is 0 Å². The maximum absolute atomic E-state index is 12.5. The molecule has 2 aromatic rings. The molecule has 0 fully saturated rings. The highest BCUT2D eigenvalue weighted by Crippen LogP contribution is 2.31. The first kappa shape index (κ1) is 15.4. The Hall–Kier alpha value is -2.50. The lowest BCUT2D eigenvalue weighted by molar-refractivity contribution is 0.0953. The zero-order chi connectivity index (χ0) is 16.6. The Kier molecular flexibility index (Phi) is 3.98. The Balaban J connectivity index is 2.16. The van der Waals surface area contributed by atoms with E-state index in [0.717, 1.165) is 23.5 Å². The zero-order valence-electron chi connectivity index (χ0n) is 13.8. The van der Waals surface area contributed by atoms with Gasteiger partial charge in [0.25, 0.3) is 5.95 Å². The number of nitrogens with one attached hydrogen (secondary N) is 1. The molecule has 2 aromatic heterocycles. The van der Waals surface area contributed by atoms with E-state index < -0.39 is 0 Å². The number of Topliss-reactive ketones (excluding diaryl/α,β-unsaturated/α-hetero) is 1. The second-order valence-corrected chi connectivity index (χ2v) is 6.14. The molecule has 0 amide bonds. The van der Waals surface area contributed by atoms with E-state index in [1.54, 1.807) is 10.8 Å². The number of nitrogens with zero attached hydrogens (tertiary/aromatic N) is 4. The summed E-state index contributed by atoms with van der Waals surface area (Å²) in [6.45, 7) is 10.2. The van der Waals surface area contributed by atoms with E-state index in [9.17, 15) is 4.79 Å². The van der Waals surface area contributed by atoms with Crippen molar-refractivity contribution in [3.63, 3.8) is 0 Å². The average Bonchev–Trinajstić information content (AvgIpc) is 2.82. The van der Waals surface area contributed by atoms with Crippen LogP contribution in [0.1, 0.15) is 40.8 Å². The lowest BCUT2D eigenvalue weighted by atomic mass is 9.88. The number of aromatic nitrogens is 4. The van der Waals surface area contributed by atoms with Crippen LogP contribution in [0, 0.1) is 19.8 Å². The van der Waals surface area contributed by atoms with Crippen LogP contribution in [0.3, 0.4) is 0 Å². The SMILES string of the molecule is C=CCNc1nn(-c2nc(C)cc(C)n2)c2c1C(=O)C[C@@H](C)C2. The van der Waals surface area contributed by atoms with Gasteiger partial charge in [-0.2, -0.15) is 0 Å². The summed E-state index contributed by atoms with van der Waals surface area (Å²) in [4.78, 5) is 21.5. The summed E-state index contributed by atoms with van der Waals surface area (Å²) in [6.07, 6.45) is 3.09. The zero-order valence-corrected chi connectivity index (χ0v) is 13.8. The number of hydrogen-bond donors (Lipinski definition) is 1. The van der Waals surface area contributed by atoms with Gasteiger partial charge in [-0.15, -0.1) is 11.7 Å². The second kappa shape index (κ2) is 5.95. The summed E-state index contributed by atoms with van der Waals surface area (Å²) in [7, 11) is 0. The average molecular weight is 311 g/mol. The molecule has 1 atom stereocenters. The number of hydrogen-bond acceptors (Lipinski definition) is 5. The number of carbonyl (C=O) groups excluding carboxylic acids is 1. The lowest BCUT2D eigenvalue weighted by Gasteiger charge is -2.18. The van der Waals surface area contributed by atoms with Crippen LogP contribution in [0.4, 0.5) is 5.82 Å². The number of carbonyl (C=O) groups is 1. The molecule has 0 aromatic carbocycles. The van der Waals surface area contributed by atoms with E-state index in [1.165, 1.54) is 0 Å². The normalized spacial score (nSPS) is 17.0. The lowest BCUT2D eigenvalue weighted by Crippen LogP contribution is -2.20. The third kappa shape index (κ3) is 2.88. The maximum atomic E-state index is 12.5. The molecule has 1 aliphatic rings. The van der Waals surface area contributed by atoms with Gasteiger partial charge in [-0.1, -0.05) is 13.0 Å². The van der Waals surface area contributed by atoms with Crippen LogP contribution in [0.15, 0.2) is 18.7 Å². The minimum absolute atomic E-state index is 0.126. The summed E-state index contributed by atoms with van der Waals surface area (Å²) < 4.78 is 1.72. The second-order valence-electron chi connectivity index (χ2n) is 6.14. The number of anilines is 1. The predicted octanol–water partition coefficient (Wildman–Crippen LogP) is 2.64. The molecule has 0 saturated heterocycles. The molecule has 23 heavy (non-hydrogen) atoms. The molecule has 0 unspecified atom stereocenters. The maximum Gasteiger partial charge on any atom is 0.251 e. The fourth-order valence-corrected chi connectivity index (χ4v) is 3.02. The molecule has 0 bridgehead atoms. The number of rotatable bonds is 4. The highest BCUT2D eigenvalue weighted by atomic mass is 16.1. The van der Waals surface area contributed by atoms with Crippen molar-refractivity contribution in [2.24, 2.45) is 5.92 Å². The molecule has 0 spiro atoms. The van der Waals surface area contributed by atoms with Crippen LogP contribution < -0.4 is 5.32 Å². The summed E-state index contributed by atoms with van der Waals surface area (Å²) in [6, 6.07) is 1.92. The minimum atomic E-state index is 0.126. The van der Waals surface area contributed by atoms with Gasteiger partial charge in [-0.3, -0.25) is 4.79 Å². The molecule has 1 N–H and O–H groups in total. The Bertz CT molecular complexity index is 757. The van der Waals surface area contributed by atoms with Crippen molar-refractivity contribution in [3.05, 3.63) is 41.4 Å². The fraction of sp³-hybridized carbons (Fsp3) is 0.412. The highest BCUT2D eigenvalue weighted by Gasteiger charge is 2.31. The molecule has 1 aliphatic carbocycles. The molecule has 0 aliphatic heterocycles. The van der Waals surface area contributed by atoms with Crippen LogP contribution in [-0.2, 0) is 6.42 Å². The minimum Gasteiger partial charge on any atom is -0.365 e. The van der Waals surface area contributed by atoms with Crippen molar-refractivity contribution < 1.29 is 4.79 Å². The van der Waals surface area contributed by atoms with E-state index >= 15 is 0 Å². The number of fused-ring (bicyclic) bond motifs is 1. The quantitative estimate of drug-likeness (QED) is 0.879. The topological polar surface area (TPSA) is 72.7 Å². The summed E-state index contributed by atoms with van der Waals surface area (Å²) in [5.41, 5.74) is 3.33. The Morgan fingerprint density at radius 2 is 2.04 bits per heavy atom. The van der Waals surface area contributed by atoms with Crippen molar-refractivity contribution >= 4 is 11.6 Å². The van der Waals surface area contributed by atoms with Gasteiger partial charge in [0.1, 0.15) is 0 Å². The predicted molar refractivity (Wildman–Crippen MR) is 89.1 cm³/mol. The molecular weight excluding hydrogens is 290 g/mol. The Labute approximate surface area is 135 Å². The first-order chi connectivity index (χ1) is 11.0.